The molecule has 1 N–H and O–H groups in total. The van der Waals surface area contributed by atoms with Crippen LogP contribution < -0.4 is 5.32 Å². The second kappa shape index (κ2) is 6.30. The maximum absolute atomic E-state index is 13.3. The number of halogens is 1. The maximum atomic E-state index is 13.3. The van der Waals surface area contributed by atoms with E-state index in [0.29, 0.717) is 6.04 Å². The molecule has 1 aliphatic rings. The van der Waals surface area contributed by atoms with Crippen LogP contribution in [-0.4, -0.2) is 30.6 Å². The molecule has 0 amide bonds. The zero-order valence-corrected chi connectivity index (χ0v) is 11.3. The molecular formula is C15H23FN2. The van der Waals surface area contributed by atoms with Gasteiger partial charge < -0.3 is 5.32 Å². The van der Waals surface area contributed by atoms with Gasteiger partial charge in [-0.1, -0.05) is 19.1 Å². The summed E-state index contributed by atoms with van der Waals surface area (Å²) in [5.74, 6) is -0.139. The minimum absolute atomic E-state index is 0.139. The normalized spacial score (nSPS) is 21.4. The van der Waals surface area contributed by atoms with E-state index in [4.69, 9.17) is 0 Å². The third kappa shape index (κ3) is 3.09. The SMILES string of the molecule is CCCN(C1CCNC1)C(C)c1cccc(F)c1. The summed E-state index contributed by atoms with van der Waals surface area (Å²) in [6.45, 7) is 7.61. The predicted molar refractivity (Wildman–Crippen MR) is 73.1 cm³/mol. The van der Waals surface area contributed by atoms with Gasteiger partial charge in [-0.15, -0.1) is 0 Å². The monoisotopic (exact) mass is 250 g/mol. The molecule has 1 aromatic rings. The maximum Gasteiger partial charge on any atom is 0.123 e. The van der Waals surface area contributed by atoms with Gasteiger partial charge in [0, 0.05) is 18.6 Å². The molecule has 1 aliphatic heterocycles. The summed E-state index contributed by atoms with van der Waals surface area (Å²) >= 11 is 0. The van der Waals surface area contributed by atoms with Crippen LogP contribution >= 0.6 is 0 Å². The summed E-state index contributed by atoms with van der Waals surface area (Å²) in [7, 11) is 0. The lowest BCUT2D eigenvalue weighted by atomic mass is 10.0. The molecule has 18 heavy (non-hydrogen) atoms. The summed E-state index contributed by atoms with van der Waals surface area (Å²) in [6.07, 6.45) is 2.33. The van der Waals surface area contributed by atoms with Crippen LogP contribution in [0.1, 0.15) is 38.3 Å². The number of rotatable bonds is 5. The Morgan fingerprint density at radius 3 is 2.94 bits per heavy atom. The van der Waals surface area contributed by atoms with Crippen molar-refractivity contribution in [1.82, 2.24) is 10.2 Å². The molecule has 1 aromatic carbocycles. The summed E-state index contributed by atoms with van der Waals surface area (Å²) in [4.78, 5) is 2.51. The van der Waals surface area contributed by atoms with Crippen LogP contribution in [0.2, 0.25) is 0 Å². The molecule has 0 aromatic heterocycles. The van der Waals surface area contributed by atoms with Crippen LogP contribution in [-0.2, 0) is 0 Å². The Bertz CT molecular complexity index is 375. The van der Waals surface area contributed by atoms with E-state index in [0.717, 1.165) is 31.6 Å². The highest BCUT2D eigenvalue weighted by Crippen LogP contribution is 2.25. The molecule has 2 nitrogen and oxygen atoms in total. The molecule has 0 spiro atoms. The molecule has 0 aliphatic carbocycles. The molecule has 2 rings (SSSR count). The topological polar surface area (TPSA) is 15.3 Å². The van der Waals surface area contributed by atoms with Gasteiger partial charge in [-0.2, -0.15) is 0 Å². The van der Waals surface area contributed by atoms with Gasteiger partial charge in [0.2, 0.25) is 0 Å². The van der Waals surface area contributed by atoms with Gasteiger partial charge >= 0.3 is 0 Å². The molecule has 100 valence electrons. The van der Waals surface area contributed by atoms with Gasteiger partial charge in [0.25, 0.3) is 0 Å². The second-order valence-corrected chi connectivity index (χ2v) is 5.12. The number of benzene rings is 1. The van der Waals surface area contributed by atoms with Crippen LogP contribution in [0.4, 0.5) is 4.39 Å². The fourth-order valence-corrected chi connectivity index (χ4v) is 2.83. The van der Waals surface area contributed by atoms with Crippen molar-refractivity contribution in [3.05, 3.63) is 35.6 Å². The minimum atomic E-state index is -0.139. The zero-order chi connectivity index (χ0) is 13.0. The van der Waals surface area contributed by atoms with Crippen molar-refractivity contribution in [2.75, 3.05) is 19.6 Å². The Morgan fingerprint density at radius 1 is 1.50 bits per heavy atom. The number of nitrogens with zero attached hydrogens (tertiary/aromatic N) is 1. The minimum Gasteiger partial charge on any atom is -0.315 e. The lowest BCUT2D eigenvalue weighted by Gasteiger charge is -2.34. The van der Waals surface area contributed by atoms with Gasteiger partial charge in [0.15, 0.2) is 0 Å². The Morgan fingerprint density at radius 2 is 2.33 bits per heavy atom. The molecule has 0 bridgehead atoms. The van der Waals surface area contributed by atoms with Gasteiger partial charge in [-0.3, -0.25) is 4.90 Å². The largest absolute Gasteiger partial charge is 0.315 e. The Kier molecular flexibility index (Phi) is 4.72. The van der Waals surface area contributed by atoms with Gasteiger partial charge in [-0.05, 0) is 50.6 Å². The molecular weight excluding hydrogens is 227 g/mol. The van der Waals surface area contributed by atoms with Crippen molar-refractivity contribution in [2.24, 2.45) is 0 Å². The summed E-state index contributed by atoms with van der Waals surface area (Å²) in [5, 5.41) is 3.41. The van der Waals surface area contributed by atoms with E-state index < -0.39 is 0 Å². The average molecular weight is 250 g/mol. The first-order valence-electron chi connectivity index (χ1n) is 6.94. The van der Waals surface area contributed by atoms with E-state index in [2.05, 4.69) is 24.1 Å². The summed E-state index contributed by atoms with van der Waals surface area (Å²) < 4.78 is 13.3. The van der Waals surface area contributed by atoms with Crippen LogP contribution in [0, 0.1) is 5.82 Å². The highest BCUT2D eigenvalue weighted by atomic mass is 19.1. The molecule has 2 atom stereocenters. The van der Waals surface area contributed by atoms with Crippen molar-refractivity contribution in [2.45, 2.75) is 38.8 Å². The van der Waals surface area contributed by atoms with Crippen LogP contribution in [0.3, 0.4) is 0 Å². The third-order valence-electron chi connectivity index (χ3n) is 3.81. The second-order valence-electron chi connectivity index (χ2n) is 5.12. The van der Waals surface area contributed by atoms with Crippen molar-refractivity contribution in [3.63, 3.8) is 0 Å². The molecule has 1 saturated heterocycles. The smallest absolute Gasteiger partial charge is 0.123 e. The molecule has 1 fully saturated rings. The molecule has 2 unspecified atom stereocenters. The fourth-order valence-electron chi connectivity index (χ4n) is 2.83. The van der Waals surface area contributed by atoms with Crippen LogP contribution in [0.15, 0.2) is 24.3 Å². The van der Waals surface area contributed by atoms with Crippen molar-refractivity contribution in [1.29, 1.82) is 0 Å². The number of hydrogen-bond donors (Lipinski definition) is 1. The summed E-state index contributed by atoms with van der Waals surface area (Å²) in [6, 6.07) is 7.87. The Balaban J connectivity index is 2.14. The van der Waals surface area contributed by atoms with Crippen molar-refractivity contribution < 1.29 is 4.39 Å². The van der Waals surface area contributed by atoms with E-state index in [1.54, 1.807) is 12.1 Å². The first-order valence-corrected chi connectivity index (χ1v) is 6.94. The molecule has 0 saturated carbocycles. The van der Waals surface area contributed by atoms with E-state index in [1.807, 2.05) is 6.07 Å². The van der Waals surface area contributed by atoms with Crippen LogP contribution in [0.25, 0.3) is 0 Å². The van der Waals surface area contributed by atoms with Gasteiger partial charge in [0.1, 0.15) is 5.82 Å². The highest BCUT2D eigenvalue weighted by molar-refractivity contribution is 5.20. The van der Waals surface area contributed by atoms with Crippen molar-refractivity contribution in [3.8, 4) is 0 Å². The van der Waals surface area contributed by atoms with E-state index in [9.17, 15) is 4.39 Å². The van der Waals surface area contributed by atoms with Gasteiger partial charge in [0.05, 0.1) is 0 Å². The number of hydrogen-bond acceptors (Lipinski definition) is 2. The Labute approximate surface area is 109 Å². The first-order chi connectivity index (χ1) is 8.72. The molecule has 3 heteroatoms. The highest BCUT2D eigenvalue weighted by Gasteiger charge is 2.26. The predicted octanol–water partition coefficient (Wildman–Crippen LogP) is 2.96. The quantitative estimate of drug-likeness (QED) is 0.864. The van der Waals surface area contributed by atoms with Crippen molar-refractivity contribution >= 4 is 0 Å². The van der Waals surface area contributed by atoms with E-state index in [-0.39, 0.29) is 11.9 Å². The van der Waals surface area contributed by atoms with Gasteiger partial charge in [-0.25, -0.2) is 4.39 Å². The van der Waals surface area contributed by atoms with E-state index >= 15 is 0 Å². The zero-order valence-electron chi connectivity index (χ0n) is 11.3. The average Bonchev–Trinajstić information content (AvgIpc) is 2.89. The molecule has 0 radical (unpaired) electrons. The molecule has 1 heterocycles. The third-order valence-corrected chi connectivity index (χ3v) is 3.81. The fraction of sp³-hybridized carbons (Fsp3) is 0.600. The Hall–Kier alpha value is -0.930. The number of nitrogens with one attached hydrogen (secondary N) is 1. The summed E-state index contributed by atoms with van der Waals surface area (Å²) in [5.41, 5.74) is 1.08. The standard InChI is InChI=1S/C15H23FN2/c1-3-9-18(15-7-8-17-11-15)12(2)13-5-4-6-14(16)10-13/h4-6,10,12,15,17H,3,7-9,11H2,1-2H3. The first kappa shape index (κ1) is 13.5. The lowest BCUT2D eigenvalue weighted by Crippen LogP contribution is -2.39. The van der Waals surface area contributed by atoms with E-state index in [1.165, 1.54) is 12.5 Å². The lowest BCUT2D eigenvalue weighted by molar-refractivity contribution is 0.153. The van der Waals surface area contributed by atoms with Crippen LogP contribution in [0.5, 0.6) is 0 Å².